The molecule has 1 aliphatic rings. The quantitative estimate of drug-likeness (QED) is 0.867. The van der Waals surface area contributed by atoms with Crippen LogP contribution in [-0.2, 0) is 6.42 Å². The van der Waals surface area contributed by atoms with E-state index in [1.165, 1.54) is 23.8 Å². The Labute approximate surface area is 102 Å². The summed E-state index contributed by atoms with van der Waals surface area (Å²) in [6.07, 6.45) is 3.84. The van der Waals surface area contributed by atoms with Crippen molar-refractivity contribution in [3.05, 3.63) is 41.6 Å². The van der Waals surface area contributed by atoms with E-state index in [4.69, 9.17) is 0 Å². The van der Waals surface area contributed by atoms with Gasteiger partial charge in [0.05, 0.1) is 5.52 Å². The third-order valence-corrected chi connectivity index (χ3v) is 3.32. The Balaban J connectivity index is 1.73. The number of rotatable bonds is 4. The van der Waals surface area contributed by atoms with Gasteiger partial charge in [0, 0.05) is 17.1 Å². The molecule has 1 fully saturated rings. The van der Waals surface area contributed by atoms with Gasteiger partial charge in [0.2, 0.25) is 0 Å². The molecule has 0 amide bonds. The maximum Gasteiger partial charge on any atom is 0.0705 e. The second-order valence-electron chi connectivity index (χ2n) is 4.96. The topological polar surface area (TPSA) is 24.9 Å². The van der Waals surface area contributed by atoms with Crippen molar-refractivity contribution in [2.75, 3.05) is 6.54 Å². The number of hydrogen-bond acceptors (Lipinski definition) is 2. The SMILES string of the molecule is Cc1ccc2cc(CCNC3CC3)ccc2n1. The number of pyridine rings is 1. The van der Waals surface area contributed by atoms with E-state index < -0.39 is 0 Å². The highest BCUT2D eigenvalue weighted by molar-refractivity contribution is 5.79. The van der Waals surface area contributed by atoms with Crippen LogP contribution in [0.15, 0.2) is 30.3 Å². The van der Waals surface area contributed by atoms with Crippen molar-refractivity contribution >= 4 is 10.9 Å². The molecule has 2 nitrogen and oxygen atoms in total. The lowest BCUT2D eigenvalue weighted by atomic mass is 10.1. The molecule has 3 rings (SSSR count). The van der Waals surface area contributed by atoms with Crippen LogP contribution in [0, 0.1) is 6.92 Å². The molecule has 17 heavy (non-hydrogen) atoms. The van der Waals surface area contributed by atoms with Crippen molar-refractivity contribution in [3.63, 3.8) is 0 Å². The molecule has 1 heterocycles. The Morgan fingerprint density at radius 2 is 2.12 bits per heavy atom. The average Bonchev–Trinajstić information content (AvgIpc) is 3.13. The normalized spacial score (nSPS) is 15.4. The average molecular weight is 226 g/mol. The molecular weight excluding hydrogens is 208 g/mol. The lowest BCUT2D eigenvalue weighted by molar-refractivity contribution is 0.682. The summed E-state index contributed by atoms with van der Waals surface area (Å²) >= 11 is 0. The molecule has 88 valence electrons. The van der Waals surface area contributed by atoms with Crippen LogP contribution in [-0.4, -0.2) is 17.6 Å². The lowest BCUT2D eigenvalue weighted by Crippen LogP contribution is -2.19. The molecule has 2 aromatic rings. The molecule has 1 aliphatic carbocycles. The number of hydrogen-bond donors (Lipinski definition) is 1. The third kappa shape index (κ3) is 2.64. The molecule has 1 saturated carbocycles. The molecule has 0 atom stereocenters. The number of aryl methyl sites for hydroxylation is 1. The van der Waals surface area contributed by atoms with Crippen LogP contribution in [0.3, 0.4) is 0 Å². The van der Waals surface area contributed by atoms with Crippen molar-refractivity contribution in [1.82, 2.24) is 10.3 Å². The summed E-state index contributed by atoms with van der Waals surface area (Å²) in [5.74, 6) is 0. The fourth-order valence-electron chi connectivity index (χ4n) is 2.14. The fourth-order valence-corrected chi connectivity index (χ4v) is 2.14. The van der Waals surface area contributed by atoms with Crippen LogP contribution in [0.5, 0.6) is 0 Å². The minimum absolute atomic E-state index is 0.805. The highest BCUT2D eigenvalue weighted by Crippen LogP contribution is 2.19. The zero-order valence-electron chi connectivity index (χ0n) is 10.2. The molecule has 0 bridgehead atoms. The Morgan fingerprint density at radius 3 is 2.94 bits per heavy atom. The number of nitrogens with zero attached hydrogens (tertiary/aromatic N) is 1. The van der Waals surface area contributed by atoms with Crippen LogP contribution in [0.1, 0.15) is 24.1 Å². The summed E-state index contributed by atoms with van der Waals surface area (Å²) in [6.45, 7) is 3.13. The largest absolute Gasteiger partial charge is 0.314 e. The van der Waals surface area contributed by atoms with Gasteiger partial charge in [-0.2, -0.15) is 0 Å². The fraction of sp³-hybridized carbons (Fsp3) is 0.400. The van der Waals surface area contributed by atoms with Gasteiger partial charge in [-0.1, -0.05) is 12.1 Å². The second-order valence-corrected chi connectivity index (χ2v) is 4.96. The van der Waals surface area contributed by atoms with E-state index >= 15 is 0 Å². The van der Waals surface area contributed by atoms with Gasteiger partial charge in [-0.3, -0.25) is 4.98 Å². The van der Waals surface area contributed by atoms with Gasteiger partial charge in [0.1, 0.15) is 0 Å². The molecular formula is C15H18N2. The van der Waals surface area contributed by atoms with Crippen molar-refractivity contribution in [3.8, 4) is 0 Å². The van der Waals surface area contributed by atoms with E-state index in [1.54, 1.807) is 0 Å². The number of nitrogens with one attached hydrogen (secondary N) is 1. The Kier molecular flexibility index (Phi) is 2.81. The smallest absolute Gasteiger partial charge is 0.0705 e. The standard InChI is InChI=1S/C15H18N2/c1-11-2-4-13-10-12(3-7-15(13)17-11)8-9-16-14-5-6-14/h2-4,7,10,14,16H,5-6,8-9H2,1H3. The minimum atomic E-state index is 0.805. The predicted octanol–water partition coefficient (Wildman–Crippen LogP) is 2.84. The first-order valence-corrected chi connectivity index (χ1v) is 6.41. The molecule has 1 aromatic heterocycles. The lowest BCUT2D eigenvalue weighted by Gasteiger charge is -2.05. The van der Waals surface area contributed by atoms with E-state index in [2.05, 4.69) is 40.6 Å². The first-order chi connectivity index (χ1) is 8.31. The van der Waals surface area contributed by atoms with Crippen LogP contribution in [0.4, 0.5) is 0 Å². The molecule has 0 radical (unpaired) electrons. The van der Waals surface area contributed by atoms with Crippen LogP contribution < -0.4 is 5.32 Å². The van der Waals surface area contributed by atoms with E-state index in [0.717, 1.165) is 30.2 Å². The number of benzene rings is 1. The maximum absolute atomic E-state index is 4.52. The van der Waals surface area contributed by atoms with Gasteiger partial charge >= 0.3 is 0 Å². The van der Waals surface area contributed by atoms with Gasteiger partial charge < -0.3 is 5.32 Å². The first-order valence-electron chi connectivity index (χ1n) is 6.41. The Hall–Kier alpha value is -1.41. The predicted molar refractivity (Wildman–Crippen MR) is 71.2 cm³/mol. The first kappa shape index (κ1) is 10.7. The molecule has 0 saturated heterocycles. The molecule has 0 spiro atoms. The monoisotopic (exact) mass is 226 g/mol. The van der Waals surface area contributed by atoms with Gasteiger partial charge in [-0.25, -0.2) is 0 Å². The summed E-state index contributed by atoms with van der Waals surface area (Å²) in [5.41, 5.74) is 3.58. The van der Waals surface area contributed by atoms with Crippen LogP contribution in [0.25, 0.3) is 10.9 Å². The molecule has 0 unspecified atom stereocenters. The number of fused-ring (bicyclic) bond motifs is 1. The summed E-state index contributed by atoms with van der Waals surface area (Å²) in [5, 5.41) is 4.80. The van der Waals surface area contributed by atoms with Crippen molar-refractivity contribution in [1.29, 1.82) is 0 Å². The van der Waals surface area contributed by atoms with Gasteiger partial charge in [0.15, 0.2) is 0 Å². The maximum atomic E-state index is 4.52. The Morgan fingerprint density at radius 1 is 1.24 bits per heavy atom. The van der Waals surface area contributed by atoms with E-state index in [-0.39, 0.29) is 0 Å². The molecule has 1 aromatic carbocycles. The van der Waals surface area contributed by atoms with E-state index in [1.807, 2.05) is 6.92 Å². The summed E-state index contributed by atoms with van der Waals surface area (Å²) in [6, 6.07) is 11.6. The molecule has 2 heteroatoms. The highest BCUT2D eigenvalue weighted by Gasteiger charge is 2.19. The minimum Gasteiger partial charge on any atom is -0.314 e. The Bertz CT molecular complexity index is 529. The van der Waals surface area contributed by atoms with E-state index in [0.29, 0.717) is 0 Å². The number of aromatic nitrogens is 1. The zero-order chi connectivity index (χ0) is 11.7. The third-order valence-electron chi connectivity index (χ3n) is 3.32. The van der Waals surface area contributed by atoms with Gasteiger partial charge in [0.25, 0.3) is 0 Å². The van der Waals surface area contributed by atoms with Crippen LogP contribution >= 0.6 is 0 Å². The van der Waals surface area contributed by atoms with Crippen LogP contribution in [0.2, 0.25) is 0 Å². The molecule has 1 N–H and O–H groups in total. The van der Waals surface area contributed by atoms with Gasteiger partial charge in [-0.15, -0.1) is 0 Å². The van der Waals surface area contributed by atoms with Gasteiger partial charge in [-0.05, 0) is 56.5 Å². The highest BCUT2D eigenvalue weighted by atomic mass is 14.9. The summed E-state index contributed by atoms with van der Waals surface area (Å²) < 4.78 is 0. The second kappa shape index (κ2) is 4.46. The van der Waals surface area contributed by atoms with E-state index in [9.17, 15) is 0 Å². The van der Waals surface area contributed by atoms with Crippen molar-refractivity contribution in [2.45, 2.75) is 32.2 Å². The summed E-state index contributed by atoms with van der Waals surface area (Å²) in [7, 11) is 0. The van der Waals surface area contributed by atoms with Crippen molar-refractivity contribution in [2.24, 2.45) is 0 Å². The zero-order valence-corrected chi connectivity index (χ0v) is 10.2. The summed E-state index contributed by atoms with van der Waals surface area (Å²) in [4.78, 5) is 4.52. The van der Waals surface area contributed by atoms with Crippen molar-refractivity contribution < 1.29 is 0 Å². The molecule has 0 aliphatic heterocycles.